The Morgan fingerprint density at radius 3 is 2.25 bits per heavy atom. The Bertz CT molecular complexity index is 114. The van der Waals surface area contributed by atoms with Gasteiger partial charge in [-0.25, -0.2) is 8.78 Å². The van der Waals surface area contributed by atoms with Gasteiger partial charge in [-0.15, -0.1) is 0 Å². The van der Waals surface area contributed by atoms with E-state index < -0.39 is 12.3 Å². The normalized spacial score (nSPS) is 25.2. The summed E-state index contributed by atoms with van der Waals surface area (Å²) in [5, 5.41) is 0. The highest BCUT2D eigenvalue weighted by atomic mass is 19.2. The molecule has 4 heteroatoms. The zero-order valence-electron chi connectivity index (χ0n) is 7.13. The van der Waals surface area contributed by atoms with Crippen molar-refractivity contribution in [3.8, 4) is 0 Å². The average molecular weight is 180 g/mol. The van der Waals surface area contributed by atoms with Gasteiger partial charge in [0.05, 0.1) is 6.61 Å². The number of hydrogen-bond donors (Lipinski definition) is 0. The lowest BCUT2D eigenvalue weighted by molar-refractivity contribution is -0.128. The maximum absolute atomic E-state index is 11.1. The summed E-state index contributed by atoms with van der Waals surface area (Å²) in [5.74, 6) is 0. The minimum Gasteiger partial charge on any atom is -0.468 e. The van der Waals surface area contributed by atoms with Crippen molar-refractivity contribution in [3.63, 3.8) is 0 Å². The first-order valence-corrected chi connectivity index (χ1v) is 4.05. The van der Waals surface area contributed by atoms with Gasteiger partial charge in [0.2, 0.25) is 0 Å². The fourth-order valence-electron chi connectivity index (χ4n) is 0.412. The summed E-state index contributed by atoms with van der Waals surface area (Å²) in [7, 11) is 0. The predicted molar refractivity (Wildman–Crippen MR) is 41.3 cm³/mol. The van der Waals surface area contributed by atoms with Crippen LogP contribution >= 0.6 is 0 Å². The molecule has 0 aliphatic heterocycles. The molecule has 2 atom stereocenters. The molecular formula is C8H14F2O2. The number of carbonyl (C=O) groups excluding carboxylic acids is 1. The van der Waals surface area contributed by atoms with Crippen LogP contribution in [0.25, 0.3) is 0 Å². The molecule has 0 spiro atoms. The molecule has 0 amide bonds. The molecule has 0 aromatic rings. The van der Waals surface area contributed by atoms with E-state index in [0.717, 1.165) is 12.8 Å². The van der Waals surface area contributed by atoms with Gasteiger partial charge in [-0.1, -0.05) is 13.3 Å². The van der Waals surface area contributed by atoms with E-state index >= 15 is 0 Å². The molecule has 1 fully saturated rings. The maximum atomic E-state index is 11.1. The summed E-state index contributed by atoms with van der Waals surface area (Å²) >= 11 is 0. The maximum Gasteiger partial charge on any atom is 0.293 e. The highest BCUT2D eigenvalue weighted by Gasteiger charge is 2.37. The van der Waals surface area contributed by atoms with Gasteiger partial charge in [-0.05, 0) is 6.42 Å². The highest BCUT2D eigenvalue weighted by molar-refractivity contribution is 5.36. The third-order valence-corrected chi connectivity index (χ3v) is 1.32. The second-order valence-electron chi connectivity index (χ2n) is 2.59. The van der Waals surface area contributed by atoms with Gasteiger partial charge >= 0.3 is 0 Å². The predicted octanol–water partition coefficient (Wildman–Crippen LogP) is 2.03. The van der Waals surface area contributed by atoms with Crippen molar-refractivity contribution >= 4 is 6.47 Å². The largest absolute Gasteiger partial charge is 0.468 e. The Morgan fingerprint density at radius 2 is 2.00 bits per heavy atom. The number of hydrogen-bond acceptors (Lipinski definition) is 2. The molecular weight excluding hydrogens is 166 g/mol. The average Bonchev–Trinajstić information content (AvgIpc) is 2.67. The summed E-state index contributed by atoms with van der Waals surface area (Å²) in [6.07, 6.45) is -0.0444. The lowest BCUT2D eigenvalue weighted by atomic mass is 10.4. The van der Waals surface area contributed by atoms with Crippen molar-refractivity contribution in [1.29, 1.82) is 0 Å². The molecule has 0 aromatic heterocycles. The molecule has 2 unspecified atom stereocenters. The standard InChI is InChI=1S/C5H10O2.C3H4F2/c1-2-3-4-7-5-6;4-2-1-3(2)5/h5H,2-4H2,1H3;2-3H,1H2. The fraction of sp³-hybridized carbons (Fsp3) is 0.875. The van der Waals surface area contributed by atoms with Crippen molar-refractivity contribution in [2.24, 2.45) is 0 Å². The lowest BCUT2D eigenvalue weighted by Crippen LogP contribution is -1.88. The van der Waals surface area contributed by atoms with Crippen molar-refractivity contribution in [2.45, 2.75) is 38.5 Å². The van der Waals surface area contributed by atoms with Crippen molar-refractivity contribution in [1.82, 2.24) is 0 Å². The topological polar surface area (TPSA) is 26.3 Å². The minimum absolute atomic E-state index is 0.139. The van der Waals surface area contributed by atoms with Gasteiger partial charge in [0, 0.05) is 6.42 Å². The summed E-state index contributed by atoms with van der Waals surface area (Å²) in [5.41, 5.74) is 0. The van der Waals surface area contributed by atoms with Crippen LogP contribution in [0.4, 0.5) is 8.78 Å². The second kappa shape index (κ2) is 7.00. The molecule has 1 rings (SSSR count). The van der Waals surface area contributed by atoms with Crippen LogP contribution in [-0.4, -0.2) is 25.4 Å². The van der Waals surface area contributed by atoms with Crippen LogP contribution in [-0.2, 0) is 9.53 Å². The third kappa shape index (κ3) is 7.44. The zero-order valence-corrected chi connectivity index (χ0v) is 7.13. The number of unbranched alkanes of at least 4 members (excludes halogenated alkanes) is 1. The van der Waals surface area contributed by atoms with E-state index in [0.29, 0.717) is 13.1 Å². The van der Waals surface area contributed by atoms with Gasteiger partial charge in [0.1, 0.15) is 12.3 Å². The van der Waals surface area contributed by atoms with Crippen molar-refractivity contribution < 1.29 is 18.3 Å². The smallest absolute Gasteiger partial charge is 0.293 e. The zero-order chi connectivity index (χ0) is 9.40. The Balaban J connectivity index is 0.000000211. The Morgan fingerprint density at radius 1 is 1.50 bits per heavy atom. The van der Waals surface area contributed by atoms with E-state index in [2.05, 4.69) is 4.74 Å². The monoisotopic (exact) mass is 180 g/mol. The SMILES string of the molecule is CCCCOC=O.FC1CC1F. The first kappa shape index (κ1) is 11.3. The quantitative estimate of drug-likeness (QED) is 0.488. The van der Waals surface area contributed by atoms with Crippen LogP contribution in [0.3, 0.4) is 0 Å². The number of ether oxygens (including phenoxy) is 1. The fourth-order valence-corrected chi connectivity index (χ4v) is 0.412. The van der Waals surface area contributed by atoms with Gasteiger partial charge in [-0.3, -0.25) is 4.79 Å². The first-order valence-electron chi connectivity index (χ1n) is 4.05. The van der Waals surface area contributed by atoms with E-state index in [1.165, 1.54) is 0 Å². The number of halogens is 2. The number of rotatable bonds is 4. The Kier molecular flexibility index (Phi) is 6.61. The second-order valence-corrected chi connectivity index (χ2v) is 2.59. The molecule has 0 radical (unpaired) electrons. The molecule has 12 heavy (non-hydrogen) atoms. The van der Waals surface area contributed by atoms with Gasteiger partial charge in [0.15, 0.2) is 0 Å². The Hall–Kier alpha value is -0.670. The van der Waals surface area contributed by atoms with Gasteiger partial charge in [-0.2, -0.15) is 0 Å². The Labute approximate surface area is 70.9 Å². The molecule has 0 saturated heterocycles. The number of alkyl halides is 2. The van der Waals surface area contributed by atoms with E-state index in [-0.39, 0.29) is 6.42 Å². The molecule has 0 N–H and O–H groups in total. The molecule has 1 aliphatic carbocycles. The van der Waals surface area contributed by atoms with Gasteiger partial charge < -0.3 is 4.74 Å². The van der Waals surface area contributed by atoms with Crippen LogP contribution in [0.1, 0.15) is 26.2 Å². The lowest BCUT2D eigenvalue weighted by Gasteiger charge is -1.90. The molecule has 0 aromatic carbocycles. The van der Waals surface area contributed by atoms with Gasteiger partial charge in [0.25, 0.3) is 6.47 Å². The third-order valence-electron chi connectivity index (χ3n) is 1.32. The molecule has 2 nitrogen and oxygen atoms in total. The van der Waals surface area contributed by atoms with Crippen LogP contribution in [0, 0.1) is 0 Å². The highest BCUT2D eigenvalue weighted by Crippen LogP contribution is 2.28. The summed E-state index contributed by atoms with van der Waals surface area (Å²) in [6.45, 7) is 3.10. The van der Waals surface area contributed by atoms with E-state index in [4.69, 9.17) is 0 Å². The van der Waals surface area contributed by atoms with E-state index in [1.807, 2.05) is 6.92 Å². The molecule has 0 bridgehead atoms. The first-order chi connectivity index (χ1) is 5.72. The van der Waals surface area contributed by atoms with E-state index in [1.54, 1.807) is 0 Å². The molecule has 1 aliphatic rings. The van der Waals surface area contributed by atoms with Crippen LogP contribution in [0.2, 0.25) is 0 Å². The van der Waals surface area contributed by atoms with E-state index in [9.17, 15) is 13.6 Å². The van der Waals surface area contributed by atoms with Crippen LogP contribution < -0.4 is 0 Å². The van der Waals surface area contributed by atoms with Crippen LogP contribution in [0.5, 0.6) is 0 Å². The van der Waals surface area contributed by atoms with Crippen LogP contribution in [0.15, 0.2) is 0 Å². The van der Waals surface area contributed by atoms with Crippen molar-refractivity contribution in [3.05, 3.63) is 0 Å². The summed E-state index contributed by atoms with van der Waals surface area (Å²) in [6, 6.07) is 0. The van der Waals surface area contributed by atoms with Crippen molar-refractivity contribution in [2.75, 3.05) is 6.61 Å². The summed E-state index contributed by atoms with van der Waals surface area (Å²) < 4.78 is 26.7. The summed E-state index contributed by atoms with van der Waals surface area (Å²) in [4.78, 5) is 9.46. The molecule has 1 saturated carbocycles. The molecule has 72 valence electrons. The molecule has 0 heterocycles. The minimum atomic E-state index is -1.12. The number of carbonyl (C=O) groups is 1.